The zero-order chi connectivity index (χ0) is 20.3. The number of esters is 1. The molecule has 0 aliphatic heterocycles. The van der Waals surface area contributed by atoms with Gasteiger partial charge in [0.15, 0.2) is 5.11 Å². The molecule has 1 amide bonds. The van der Waals surface area contributed by atoms with Crippen molar-refractivity contribution in [1.29, 1.82) is 0 Å². The van der Waals surface area contributed by atoms with Crippen molar-refractivity contribution in [1.82, 2.24) is 4.90 Å². The van der Waals surface area contributed by atoms with E-state index in [4.69, 9.17) is 28.6 Å². The van der Waals surface area contributed by atoms with Crippen LogP contribution >= 0.6 is 35.2 Å². The van der Waals surface area contributed by atoms with E-state index in [1.807, 2.05) is 19.1 Å². The lowest BCUT2D eigenvalue weighted by Crippen LogP contribution is -2.21. The fourth-order valence-electron chi connectivity index (χ4n) is 2.29. The van der Waals surface area contributed by atoms with E-state index < -0.39 is 5.97 Å². The number of hydrogen-bond donors (Lipinski definition) is 2. The molecule has 1 heterocycles. The monoisotopic (exact) mass is 425 g/mol. The second-order valence-corrected chi connectivity index (χ2v) is 7.83. The van der Waals surface area contributed by atoms with Crippen molar-refractivity contribution < 1.29 is 14.3 Å². The maximum atomic E-state index is 12.4. The third-order valence-corrected chi connectivity index (χ3v) is 5.60. The van der Waals surface area contributed by atoms with Gasteiger partial charge in [0.1, 0.15) is 5.00 Å². The lowest BCUT2D eigenvalue weighted by molar-refractivity contribution is 0.0601. The summed E-state index contributed by atoms with van der Waals surface area (Å²) in [6.07, 6.45) is 0. The summed E-state index contributed by atoms with van der Waals surface area (Å²) >= 11 is 12.6. The van der Waals surface area contributed by atoms with E-state index in [0.29, 0.717) is 31.7 Å². The number of thiocarbonyl (C=S) groups is 1. The molecule has 144 valence electrons. The van der Waals surface area contributed by atoms with E-state index in [-0.39, 0.29) is 11.0 Å². The number of carbonyl (C=O) groups is 2. The first-order chi connectivity index (χ1) is 12.6. The molecule has 2 aromatic rings. The van der Waals surface area contributed by atoms with Crippen LogP contribution in [0.2, 0.25) is 5.02 Å². The van der Waals surface area contributed by atoms with Crippen molar-refractivity contribution in [2.45, 2.75) is 13.8 Å². The number of anilines is 2. The maximum Gasteiger partial charge on any atom is 0.341 e. The molecule has 1 aromatic heterocycles. The summed E-state index contributed by atoms with van der Waals surface area (Å²) in [6, 6.07) is 5.47. The van der Waals surface area contributed by atoms with Crippen LogP contribution in [0.5, 0.6) is 0 Å². The number of rotatable bonds is 4. The number of ether oxygens (including phenoxy) is 1. The van der Waals surface area contributed by atoms with Gasteiger partial charge in [-0.05, 0) is 49.3 Å². The molecule has 0 aliphatic carbocycles. The fourth-order valence-corrected chi connectivity index (χ4v) is 3.98. The molecule has 2 N–H and O–H groups in total. The summed E-state index contributed by atoms with van der Waals surface area (Å²) in [7, 11) is 4.60. The van der Waals surface area contributed by atoms with Crippen molar-refractivity contribution in [3.63, 3.8) is 0 Å². The van der Waals surface area contributed by atoms with Gasteiger partial charge in [-0.15, -0.1) is 11.3 Å². The Morgan fingerprint density at radius 3 is 2.44 bits per heavy atom. The predicted octanol–water partition coefficient (Wildman–Crippen LogP) is 4.32. The van der Waals surface area contributed by atoms with Crippen molar-refractivity contribution in [2.75, 3.05) is 31.8 Å². The van der Waals surface area contributed by atoms with Crippen molar-refractivity contribution in [2.24, 2.45) is 0 Å². The topological polar surface area (TPSA) is 70.7 Å². The Bertz CT molecular complexity index is 909. The van der Waals surface area contributed by atoms with Crippen molar-refractivity contribution in [3.8, 4) is 0 Å². The molecule has 0 aliphatic rings. The largest absolute Gasteiger partial charge is 0.465 e. The molecular formula is C18H20ClN3O3S2. The zero-order valence-electron chi connectivity index (χ0n) is 15.6. The number of halogens is 1. The first kappa shape index (κ1) is 21.1. The molecule has 6 nitrogen and oxygen atoms in total. The molecule has 1 aromatic carbocycles. The number of nitrogens with one attached hydrogen (secondary N) is 2. The van der Waals surface area contributed by atoms with E-state index in [1.165, 1.54) is 12.0 Å². The SMILES string of the molecule is COC(=O)c1c(NC(=S)Nc2ccc(C)c(Cl)c2)sc(C(=O)N(C)C)c1C. The van der Waals surface area contributed by atoms with Crippen LogP contribution in [0.25, 0.3) is 0 Å². The lowest BCUT2D eigenvalue weighted by Gasteiger charge is -2.11. The Morgan fingerprint density at radius 1 is 1.22 bits per heavy atom. The Hall–Kier alpha value is -2.16. The first-order valence-corrected chi connectivity index (χ1v) is 9.53. The highest BCUT2D eigenvalue weighted by Crippen LogP contribution is 2.34. The van der Waals surface area contributed by atoms with Gasteiger partial charge in [-0.2, -0.15) is 0 Å². The molecule has 0 saturated carbocycles. The van der Waals surface area contributed by atoms with Crippen LogP contribution in [0.1, 0.15) is 31.2 Å². The molecule has 0 saturated heterocycles. The van der Waals surface area contributed by atoms with Crippen LogP contribution in [0.3, 0.4) is 0 Å². The van der Waals surface area contributed by atoms with Crippen LogP contribution in [0, 0.1) is 13.8 Å². The molecule has 9 heteroatoms. The Kier molecular flexibility index (Phi) is 6.80. The van der Waals surface area contributed by atoms with E-state index in [1.54, 1.807) is 27.1 Å². The number of hydrogen-bond acceptors (Lipinski definition) is 5. The molecule has 0 radical (unpaired) electrons. The van der Waals surface area contributed by atoms with Gasteiger partial charge in [-0.3, -0.25) is 4.79 Å². The minimum Gasteiger partial charge on any atom is -0.465 e. The number of benzene rings is 1. The van der Waals surface area contributed by atoms with Gasteiger partial charge in [0.05, 0.1) is 17.6 Å². The van der Waals surface area contributed by atoms with Crippen LogP contribution in [-0.2, 0) is 4.74 Å². The highest BCUT2D eigenvalue weighted by atomic mass is 35.5. The summed E-state index contributed by atoms with van der Waals surface area (Å²) in [5.41, 5.74) is 2.50. The molecule has 27 heavy (non-hydrogen) atoms. The Labute approximate surface area is 172 Å². The lowest BCUT2D eigenvalue weighted by atomic mass is 10.1. The highest BCUT2D eigenvalue weighted by molar-refractivity contribution is 7.80. The van der Waals surface area contributed by atoms with Gasteiger partial charge >= 0.3 is 5.97 Å². The standard InChI is InChI=1S/C18H20ClN3O3S2/c1-9-6-7-11(8-12(9)19)20-18(26)21-15-13(17(24)25-5)10(2)14(27-15)16(23)22(3)4/h6-8H,1-5H3,(H2,20,21,26). The highest BCUT2D eigenvalue weighted by Gasteiger charge is 2.26. The fraction of sp³-hybridized carbons (Fsp3) is 0.278. The third kappa shape index (κ3) is 4.77. The van der Waals surface area contributed by atoms with Gasteiger partial charge in [0.25, 0.3) is 5.91 Å². The summed E-state index contributed by atoms with van der Waals surface area (Å²) in [6.45, 7) is 3.62. The number of methoxy groups -OCH3 is 1. The Morgan fingerprint density at radius 2 is 1.89 bits per heavy atom. The number of amides is 1. The summed E-state index contributed by atoms with van der Waals surface area (Å²) in [5, 5.41) is 7.33. The van der Waals surface area contributed by atoms with Crippen molar-refractivity contribution >= 4 is 62.8 Å². The van der Waals surface area contributed by atoms with Crippen LogP contribution in [0.4, 0.5) is 10.7 Å². The summed E-state index contributed by atoms with van der Waals surface area (Å²) in [4.78, 5) is 26.5. The van der Waals surface area contributed by atoms with Crippen LogP contribution in [-0.4, -0.2) is 43.1 Å². The molecule has 0 unspecified atom stereocenters. The first-order valence-electron chi connectivity index (χ1n) is 7.93. The molecule has 0 bridgehead atoms. The minimum atomic E-state index is -0.537. The third-order valence-electron chi connectivity index (χ3n) is 3.79. The summed E-state index contributed by atoms with van der Waals surface area (Å²) < 4.78 is 4.86. The quantitative estimate of drug-likeness (QED) is 0.561. The predicted molar refractivity (Wildman–Crippen MR) is 114 cm³/mol. The van der Waals surface area contributed by atoms with Gasteiger partial charge in [-0.25, -0.2) is 4.79 Å². The van der Waals surface area contributed by atoms with Gasteiger partial charge < -0.3 is 20.3 Å². The molecule has 0 atom stereocenters. The number of nitrogens with zero attached hydrogens (tertiary/aromatic N) is 1. The Balaban J connectivity index is 2.31. The van der Waals surface area contributed by atoms with Crippen LogP contribution in [0.15, 0.2) is 18.2 Å². The van der Waals surface area contributed by atoms with Gasteiger partial charge in [0.2, 0.25) is 0 Å². The van der Waals surface area contributed by atoms with Gasteiger partial charge in [-0.1, -0.05) is 17.7 Å². The number of thiophene rings is 1. The summed E-state index contributed by atoms with van der Waals surface area (Å²) in [5.74, 6) is -0.731. The number of carbonyl (C=O) groups excluding carboxylic acids is 2. The minimum absolute atomic E-state index is 0.195. The van der Waals surface area contributed by atoms with Crippen LogP contribution < -0.4 is 10.6 Å². The van der Waals surface area contributed by atoms with E-state index in [9.17, 15) is 9.59 Å². The van der Waals surface area contributed by atoms with Crippen molar-refractivity contribution in [3.05, 3.63) is 44.8 Å². The molecule has 0 fully saturated rings. The normalized spacial score (nSPS) is 10.3. The van der Waals surface area contributed by atoms with E-state index in [2.05, 4.69) is 10.6 Å². The molecule has 0 spiro atoms. The zero-order valence-corrected chi connectivity index (χ0v) is 18.0. The second kappa shape index (κ2) is 8.69. The molecule has 2 rings (SSSR count). The van der Waals surface area contributed by atoms with Gasteiger partial charge in [0, 0.05) is 24.8 Å². The maximum absolute atomic E-state index is 12.4. The van der Waals surface area contributed by atoms with E-state index >= 15 is 0 Å². The van der Waals surface area contributed by atoms with E-state index in [0.717, 1.165) is 16.9 Å². The average molecular weight is 426 g/mol. The number of aryl methyl sites for hydroxylation is 1. The molecular weight excluding hydrogens is 406 g/mol. The smallest absolute Gasteiger partial charge is 0.341 e. The second-order valence-electron chi connectivity index (χ2n) is 5.99. The average Bonchev–Trinajstić information content (AvgIpc) is 2.92.